The standard InChI is InChI=1S/C15H23NO3/c1-11-6-7-13(12(2)10-11)18-9-8-14(17)16-19-15(3,4)5/h6-7,10H,8-9H2,1-5H3,(H,16,17). The van der Waals surface area contributed by atoms with E-state index >= 15 is 0 Å². The number of carbonyl (C=O) groups excluding carboxylic acids is 1. The lowest BCUT2D eigenvalue weighted by Gasteiger charge is -2.19. The first-order chi connectivity index (χ1) is 8.78. The lowest BCUT2D eigenvalue weighted by atomic mass is 10.1. The van der Waals surface area contributed by atoms with Crippen LogP contribution in [0.25, 0.3) is 0 Å². The molecule has 19 heavy (non-hydrogen) atoms. The maximum atomic E-state index is 11.5. The van der Waals surface area contributed by atoms with Crippen LogP contribution in [0, 0.1) is 13.8 Å². The van der Waals surface area contributed by atoms with Crippen molar-refractivity contribution in [3.63, 3.8) is 0 Å². The molecule has 0 aliphatic carbocycles. The average Bonchev–Trinajstić information content (AvgIpc) is 2.28. The highest BCUT2D eigenvalue weighted by molar-refractivity contribution is 5.74. The molecule has 0 spiro atoms. The molecule has 1 aromatic carbocycles. The highest BCUT2D eigenvalue weighted by Crippen LogP contribution is 2.18. The second kappa shape index (κ2) is 6.57. The molecule has 0 aromatic heterocycles. The molecule has 0 saturated carbocycles. The zero-order chi connectivity index (χ0) is 14.5. The van der Waals surface area contributed by atoms with E-state index in [-0.39, 0.29) is 17.9 Å². The number of carbonyl (C=O) groups is 1. The minimum atomic E-state index is -0.385. The van der Waals surface area contributed by atoms with Crippen LogP contribution in [0.4, 0.5) is 0 Å². The zero-order valence-corrected chi connectivity index (χ0v) is 12.4. The molecular weight excluding hydrogens is 242 g/mol. The molecule has 0 heterocycles. The summed E-state index contributed by atoms with van der Waals surface area (Å²) in [6.07, 6.45) is 0.267. The van der Waals surface area contributed by atoms with Gasteiger partial charge in [-0.3, -0.25) is 9.63 Å². The first-order valence-corrected chi connectivity index (χ1v) is 6.45. The molecule has 0 aliphatic heterocycles. The van der Waals surface area contributed by atoms with Gasteiger partial charge in [0.15, 0.2) is 0 Å². The number of aryl methyl sites for hydroxylation is 2. The fraction of sp³-hybridized carbons (Fsp3) is 0.533. The first kappa shape index (κ1) is 15.5. The van der Waals surface area contributed by atoms with Gasteiger partial charge in [0.1, 0.15) is 5.75 Å². The zero-order valence-electron chi connectivity index (χ0n) is 12.4. The maximum absolute atomic E-state index is 11.5. The minimum absolute atomic E-state index is 0.181. The van der Waals surface area contributed by atoms with Gasteiger partial charge in [-0.05, 0) is 46.2 Å². The van der Waals surface area contributed by atoms with E-state index < -0.39 is 0 Å². The van der Waals surface area contributed by atoms with Crippen LogP contribution in [0.3, 0.4) is 0 Å². The summed E-state index contributed by atoms with van der Waals surface area (Å²) < 4.78 is 5.58. The summed E-state index contributed by atoms with van der Waals surface area (Å²) in [6, 6.07) is 5.97. The van der Waals surface area contributed by atoms with Crippen LogP contribution in [-0.2, 0) is 9.63 Å². The molecule has 0 radical (unpaired) electrons. The van der Waals surface area contributed by atoms with Crippen LogP contribution < -0.4 is 10.2 Å². The van der Waals surface area contributed by atoms with E-state index in [0.717, 1.165) is 11.3 Å². The smallest absolute Gasteiger partial charge is 0.246 e. The molecule has 0 unspecified atom stereocenters. The summed E-state index contributed by atoms with van der Waals surface area (Å²) in [5, 5.41) is 0. The Hall–Kier alpha value is -1.55. The molecule has 106 valence electrons. The van der Waals surface area contributed by atoms with E-state index in [4.69, 9.17) is 9.57 Å². The SMILES string of the molecule is Cc1ccc(OCCC(=O)NOC(C)(C)C)c(C)c1. The number of nitrogens with one attached hydrogen (secondary N) is 1. The Morgan fingerprint density at radius 2 is 1.95 bits per heavy atom. The first-order valence-electron chi connectivity index (χ1n) is 6.45. The van der Waals surface area contributed by atoms with Crippen molar-refractivity contribution >= 4 is 5.91 Å². The summed E-state index contributed by atoms with van der Waals surface area (Å²) in [5.74, 6) is 0.634. The molecule has 0 atom stereocenters. The van der Waals surface area contributed by atoms with E-state index in [1.165, 1.54) is 5.56 Å². The number of benzene rings is 1. The van der Waals surface area contributed by atoms with Crippen molar-refractivity contribution in [2.75, 3.05) is 6.61 Å². The third kappa shape index (κ3) is 6.25. The average molecular weight is 265 g/mol. The summed E-state index contributed by atoms with van der Waals surface area (Å²) in [7, 11) is 0. The highest BCUT2D eigenvalue weighted by atomic mass is 16.7. The Morgan fingerprint density at radius 1 is 1.26 bits per heavy atom. The van der Waals surface area contributed by atoms with E-state index in [2.05, 4.69) is 11.5 Å². The molecule has 0 bridgehead atoms. The molecule has 4 heteroatoms. The fourth-order valence-electron chi connectivity index (χ4n) is 1.48. The quantitative estimate of drug-likeness (QED) is 0.833. The molecule has 0 aliphatic rings. The summed E-state index contributed by atoms with van der Waals surface area (Å²) in [5.41, 5.74) is 4.30. The number of rotatable bonds is 5. The fourth-order valence-corrected chi connectivity index (χ4v) is 1.48. The monoisotopic (exact) mass is 265 g/mol. The summed E-state index contributed by atoms with van der Waals surface area (Å²) in [6.45, 7) is 9.99. The van der Waals surface area contributed by atoms with Crippen molar-refractivity contribution in [2.45, 2.75) is 46.6 Å². The lowest BCUT2D eigenvalue weighted by molar-refractivity contribution is -0.146. The van der Waals surface area contributed by atoms with Crippen molar-refractivity contribution in [3.05, 3.63) is 29.3 Å². The van der Waals surface area contributed by atoms with Gasteiger partial charge in [-0.2, -0.15) is 0 Å². The number of ether oxygens (including phenoxy) is 1. The largest absolute Gasteiger partial charge is 0.493 e. The topological polar surface area (TPSA) is 47.6 Å². The van der Waals surface area contributed by atoms with E-state index in [9.17, 15) is 4.79 Å². The van der Waals surface area contributed by atoms with Gasteiger partial charge < -0.3 is 4.74 Å². The van der Waals surface area contributed by atoms with Gasteiger partial charge in [-0.25, -0.2) is 5.48 Å². The van der Waals surface area contributed by atoms with Crippen molar-refractivity contribution in [1.29, 1.82) is 0 Å². The summed E-state index contributed by atoms with van der Waals surface area (Å²) >= 11 is 0. The third-order valence-corrected chi connectivity index (χ3v) is 2.39. The number of hydrogen-bond donors (Lipinski definition) is 1. The molecule has 0 fully saturated rings. The number of amides is 1. The van der Waals surface area contributed by atoms with Crippen LogP contribution in [0.1, 0.15) is 38.3 Å². The van der Waals surface area contributed by atoms with Gasteiger partial charge in [0.05, 0.1) is 18.6 Å². The van der Waals surface area contributed by atoms with Crippen molar-refractivity contribution < 1.29 is 14.4 Å². The van der Waals surface area contributed by atoms with Crippen LogP contribution in [0.2, 0.25) is 0 Å². The molecule has 1 N–H and O–H groups in total. The van der Waals surface area contributed by atoms with Crippen LogP contribution >= 0.6 is 0 Å². The Labute approximate surface area is 115 Å². The molecule has 1 aromatic rings. The van der Waals surface area contributed by atoms with Crippen molar-refractivity contribution in [3.8, 4) is 5.75 Å². The van der Waals surface area contributed by atoms with Gasteiger partial charge in [-0.1, -0.05) is 17.7 Å². The Bertz CT molecular complexity index is 436. The highest BCUT2D eigenvalue weighted by Gasteiger charge is 2.12. The second-order valence-electron chi connectivity index (χ2n) is 5.61. The Kier molecular flexibility index (Phi) is 5.36. The lowest BCUT2D eigenvalue weighted by Crippen LogP contribution is -2.34. The number of hydroxylamine groups is 1. The van der Waals surface area contributed by atoms with Crippen LogP contribution in [0.5, 0.6) is 5.75 Å². The third-order valence-electron chi connectivity index (χ3n) is 2.39. The molecular formula is C15H23NO3. The van der Waals surface area contributed by atoms with Crippen molar-refractivity contribution in [2.24, 2.45) is 0 Å². The van der Waals surface area contributed by atoms with Gasteiger partial charge in [0.2, 0.25) is 5.91 Å². The van der Waals surface area contributed by atoms with Crippen LogP contribution in [0.15, 0.2) is 18.2 Å². The predicted octanol–water partition coefficient (Wildman–Crippen LogP) is 2.92. The van der Waals surface area contributed by atoms with Gasteiger partial charge in [0, 0.05) is 0 Å². The molecule has 1 amide bonds. The maximum Gasteiger partial charge on any atom is 0.246 e. The van der Waals surface area contributed by atoms with E-state index in [0.29, 0.717) is 6.61 Å². The number of hydrogen-bond acceptors (Lipinski definition) is 3. The molecule has 1 rings (SSSR count). The van der Waals surface area contributed by atoms with Crippen molar-refractivity contribution in [1.82, 2.24) is 5.48 Å². The summed E-state index contributed by atoms with van der Waals surface area (Å²) in [4.78, 5) is 16.7. The normalized spacial score (nSPS) is 11.2. The minimum Gasteiger partial charge on any atom is -0.493 e. The van der Waals surface area contributed by atoms with Gasteiger partial charge in [0.25, 0.3) is 0 Å². The Balaban J connectivity index is 2.32. The second-order valence-corrected chi connectivity index (χ2v) is 5.61. The van der Waals surface area contributed by atoms with Gasteiger partial charge >= 0.3 is 0 Å². The Morgan fingerprint density at radius 3 is 2.53 bits per heavy atom. The van der Waals surface area contributed by atoms with Crippen LogP contribution in [-0.4, -0.2) is 18.1 Å². The van der Waals surface area contributed by atoms with E-state index in [1.54, 1.807) is 0 Å². The predicted molar refractivity (Wildman–Crippen MR) is 75.0 cm³/mol. The van der Waals surface area contributed by atoms with E-state index in [1.807, 2.05) is 46.8 Å². The molecule has 0 saturated heterocycles. The molecule has 4 nitrogen and oxygen atoms in total. The van der Waals surface area contributed by atoms with Gasteiger partial charge in [-0.15, -0.1) is 0 Å².